The van der Waals surface area contributed by atoms with Crippen LogP contribution in [0.1, 0.15) is 26.2 Å². The van der Waals surface area contributed by atoms with Crippen molar-refractivity contribution < 1.29 is 4.79 Å². The van der Waals surface area contributed by atoms with Gasteiger partial charge < -0.3 is 15.1 Å². The van der Waals surface area contributed by atoms with E-state index in [4.69, 9.17) is 0 Å². The Labute approximate surface area is 162 Å². The Bertz CT molecular complexity index is 602. The number of rotatable bonds is 6. The number of aryl methyl sites for hydroxylation is 1. The van der Waals surface area contributed by atoms with Gasteiger partial charge in [0, 0.05) is 71.8 Å². The molecule has 27 heavy (non-hydrogen) atoms. The number of amides is 1. The number of hydrogen-bond donors (Lipinski definition) is 1. The van der Waals surface area contributed by atoms with Crippen LogP contribution >= 0.6 is 0 Å². The van der Waals surface area contributed by atoms with Gasteiger partial charge in [-0.2, -0.15) is 5.10 Å². The lowest BCUT2D eigenvalue weighted by Crippen LogP contribution is -2.57. The maximum Gasteiger partial charge on any atom is 0.239 e. The minimum absolute atomic E-state index is 0.0192. The molecule has 1 aromatic rings. The fourth-order valence-corrected chi connectivity index (χ4v) is 3.89. The van der Waals surface area contributed by atoms with Crippen LogP contribution in [-0.4, -0.2) is 95.2 Å². The fraction of sp³-hybridized carbons (Fsp3) is 0.737. The van der Waals surface area contributed by atoms with Gasteiger partial charge in [0.15, 0.2) is 5.96 Å². The molecule has 8 nitrogen and oxygen atoms in total. The van der Waals surface area contributed by atoms with E-state index in [1.165, 1.54) is 0 Å². The van der Waals surface area contributed by atoms with Crippen LogP contribution in [-0.2, 0) is 11.3 Å². The van der Waals surface area contributed by atoms with Crippen molar-refractivity contribution >= 4 is 11.9 Å². The van der Waals surface area contributed by atoms with Crippen LogP contribution in [0.25, 0.3) is 0 Å². The quantitative estimate of drug-likeness (QED) is 0.445. The Morgan fingerprint density at radius 2 is 1.89 bits per heavy atom. The summed E-state index contributed by atoms with van der Waals surface area (Å²) in [5, 5.41) is 7.68. The smallest absolute Gasteiger partial charge is 0.239 e. The fourth-order valence-electron chi connectivity index (χ4n) is 3.89. The lowest BCUT2D eigenvalue weighted by Gasteiger charge is -2.39. The first-order chi connectivity index (χ1) is 13.2. The molecule has 0 saturated carbocycles. The molecule has 2 aliphatic heterocycles. The molecule has 1 aromatic heterocycles. The molecule has 150 valence electrons. The second-order valence-electron chi connectivity index (χ2n) is 7.33. The van der Waals surface area contributed by atoms with Crippen molar-refractivity contribution in [3.63, 3.8) is 0 Å². The van der Waals surface area contributed by atoms with E-state index < -0.39 is 0 Å². The van der Waals surface area contributed by atoms with Crippen LogP contribution < -0.4 is 5.32 Å². The molecule has 0 spiro atoms. The predicted molar refractivity (Wildman–Crippen MR) is 107 cm³/mol. The SMILES string of the molecule is CN=C(NCCCn1cccn1)N1CCN(C(C)C(=O)N2CCCC2)CC1. The molecule has 1 atom stereocenters. The normalized spacial score (nSPS) is 20.1. The number of hydrogen-bond acceptors (Lipinski definition) is 4. The van der Waals surface area contributed by atoms with Crippen LogP contribution in [0.3, 0.4) is 0 Å². The van der Waals surface area contributed by atoms with Gasteiger partial charge in [0.05, 0.1) is 6.04 Å². The van der Waals surface area contributed by atoms with E-state index >= 15 is 0 Å². The van der Waals surface area contributed by atoms with Gasteiger partial charge in [-0.3, -0.25) is 19.4 Å². The summed E-state index contributed by atoms with van der Waals surface area (Å²) in [5.74, 6) is 1.25. The first-order valence-electron chi connectivity index (χ1n) is 10.1. The second-order valence-corrected chi connectivity index (χ2v) is 7.33. The molecule has 0 aromatic carbocycles. The summed E-state index contributed by atoms with van der Waals surface area (Å²) in [7, 11) is 1.84. The number of carbonyl (C=O) groups excluding carboxylic acids is 1. The zero-order valence-corrected chi connectivity index (χ0v) is 16.7. The van der Waals surface area contributed by atoms with Gasteiger partial charge in [-0.25, -0.2) is 0 Å². The molecular weight excluding hydrogens is 342 g/mol. The molecule has 1 N–H and O–H groups in total. The highest BCUT2D eigenvalue weighted by Crippen LogP contribution is 2.14. The van der Waals surface area contributed by atoms with E-state index in [0.29, 0.717) is 5.91 Å². The van der Waals surface area contributed by atoms with Crippen LogP contribution in [0, 0.1) is 0 Å². The van der Waals surface area contributed by atoms with Crippen LogP contribution in [0.5, 0.6) is 0 Å². The van der Waals surface area contributed by atoms with E-state index in [2.05, 4.69) is 32.1 Å². The van der Waals surface area contributed by atoms with Crippen molar-refractivity contribution in [2.45, 2.75) is 38.8 Å². The first kappa shape index (κ1) is 19.7. The van der Waals surface area contributed by atoms with Crippen molar-refractivity contribution in [2.24, 2.45) is 4.99 Å². The van der Waals surface area contributed by atoms with E-state index in [1.807, 2.05) is 28.9 Å². The molecular formula is C19H33N7O. The molecule has 2 saturated heterocycles. The van der Waals surface area contributed by atoms with Gasteiger partial charge in [-0.1, -0.05) is 0 Å². The van der Waals surface area contributed by atoms with Crippen LogP contribution in [0.2, 0.25) is 0 Å². The number of piperazine rings is 1. The maximum atomic E-state index is 12.6. The molecule has 1 amide bonds. The van der Waals surface area contributed by atoms with Gasteiger partial charge in [0.25, 0.3) is 0 Å². The Kier molecular flexibility index (Phi) is 7.09. The lowest BCUT2D eigenvalue weighted by atomic mass is 10.2. The second kappa shape index (κ2) is 9.73. The molecule has 2 fully saturated rings. The monoisotopic (exact) mass is 375 g/mol. The molecule has 1 unspecified atom stereocenters. The molecule has 3 rings (SSSR count). The molecule has 0 aliphatic carbocycles. The highest BCUT2D eigenvalue weighted by Gasteiger charge is 2.30. The van der Waals surface area contributed by atoms with Crippen molar-refractivity contribution in [3.05, 3.63) is 18.5 Å². The van der Waals surface area contributed by atoms with E-state index in [9.17, 15) is 4.79 Å². The number of aliphatic imine (C=N–C) groups is 1. The topological polar surface area (TPSA) is 69.0 Å². The highest BCUT2D eigenvalue weighted by atomic mass is 16.2. The van der Waals surface area contributed by atoms with Gasteiger partial charge in [-0.05, 0) is 32.3 Å². The molecule has 3 heterocycles. The largest absolute Gasteiger partial charge is 0.356 e. The molecule has 8 heteroatoms. The third-order valence-corrected chi connectivity index (χ3v) is 5.55. The van der Waals surface area contributed by atoms with E-state index in [1.54, 1.807) is 6.20 Å². The summed E-state index contributed by atoms with van der Waals surface area (Å²) in [6.07, 6.45) is 7.09. The highest BCUT2D eigenvalue weighted by molar-refractivity contribution is 5.82. The van der Waals surface area contributed by atoms with E-state index in [0.717, 1.165) is 77.6 Å². The lowest BCUT2D eigenvalue weighted by molar-refractivity contribution is -0.135. The van der Waals surface area contributed by atoms with E-state index in [-0.39, 0.29) is 6.04 Å². The standard InChI is InChI=1S/C19H33N7O/c1-17(18(27)24-9-3-4-10-24)23-13-15-25(16-14-23)19(20-2)21-7-5-11-26-12-6-8-22-26/h6,8,12,17H,3-5,7,9-11,13-16H2,1-2H3,(H,20,21). The van der Waals surface area contributed by atoms with Crippen molar-refractivity contribution in [2.75, 3.05) is 52.9 Å². The Morgan fingerprint density at radius 1 is 1.15 bits per heavy atom. The Morgan fingerprint density at radius 3 is 2.52 bits per heavy atom. The van der Waals surface area contributed by atoms with Crippen LogP contribution in [0.4, 0.5) is 0 Å². The van der Waals surface area contributed by atoms with Crippen molar-refractivity contribution in [1.29, 1.82) is 0 Å². The summed E-state index contributed by atoms with van der Waals surface area (Å²) >= 11 is 0. The predicted octanol–water partition coefficient (Wildman–Crippen LogP) is 0.477. The zero-order chi connectivity index (χ0) is 19.1. The number of nitrogens with one attached hydrogen (secondary N) is 1. The number of guanidine groups is 1. The molecule has 0 radical (unpaired) electrons. The first-order valence-corrected chi connectivity index (χ1v) is 10.1. The van der Waals surface area contributed by atoms with Gasteiger partial charge in [0.2, 0.25) is 5.91 Å². The number of carbonyl (C=O) groups is 1. The third kappa shape index (κ3) is 5.22. The summed E-state index contributed by atoms with van der Waals surface area (Å²) < 4.78 is 1.95. The Balaban J connectivity index is 1.39. The average molecular weight is 376 g/mol. The van der Waals surface area contributed by atoms with Gasteiger partial charge in [0.1, 0.15) is 0 Å². The summed E-state index contributed by atoms with van der Waals surface area (Å²) in [6.45, 7) is 9.28. The minimum Gasteiger partial charge on any atom is -0.356 e. The summed E-state index contributed by atoms with van der Waals surface area (Å²) in [6, 6.07) is 1.93. The molecule has 0 bridgehead atoms. The van der Waals surface area contributed by atoms with Crippen molar-refractivity contribution in [3.8, 4) is 0 Å². The van der Waals surface area contributed by atoms with Crippen LogP contribution in [0.15, 0.2) is 23.5 Å². The number of aromatic nitrogens is 2. The summed E-state index contributed by atoms with van der Waals surface area (Å²) in [5.41, 5.74) is 0. The van der Waals surface area contributed by atoms with Crippen molar-refractivity contribution in [1.82, 2.24) is 29.8 Å². The average Bonchev–Trinajstić information content (AvgIpc) is 3.41. The minimum atomic E-state index is -0.0192. The third-order valence-electron chi connectivity index (χ3n) is 5.55. The zero-order valence-electron chi connectivity index (χ0n) is 16.7. The van der Waals surface area contributed by atoms with Gasteiger partial charge in [-0.15, -0.1) is 0 Å². The maximum absolute atomic E-state index is 12.6. The summed E-state index contributed by atoms with van der Waals surface area (Å²) in [4.78, 5) is 23.7. The Hall–Kier alpha value is -2.09. The molecule has 2 aliphatic rings. The number of nitrogens with zero attached hydrogens (tertiary/aromatic N) is 6. The number of likely N-dealkylation sites (tertiary alicyclic amines) is 1. The van der Waals surface area contributed by atoms with Gasteiger partial charge >= 0.3 is 0 Å².